The summed E-state index contributed by atoms with van der Waals surface area (Å²) < 4.78 is 0. The predicted octanol–water partition coefficient (Wildman–Crippen LogP) is -0.157. The summed E-state index contributed by atoms with van der Waals surface area (Å²) in [5.74, 6) is -1.42. The van der Waals surface area contributed by atoms with Gasteiger partial charge in [-0.25, -0.2) is 0 Å². The zero-order valence-corrected chi connectivity index (χ0v) is 6.33. The van der Waals surface area contributed by atoms with E-state index in [1.165, 1.54) is 0 Å². The summed E-state index contributed by atoms with van der Waals surface area (Å²) in [5.41, 5.74) is 0. The Morgan fingerprint density at radius 2 is 2.36 bits per heavy atom. The van der Waals surface area contributed by atoms with Crippen LogP contribution in [0.5, 0.6) is 0 Å². The number of carboxylic acid groups (broad SMARTS) is 1. The van der Waals surface area contributed by atoms with Crippen LogP contribution in [0, 0.1) is 11.8 Å². The number of hydrogen-bond donors (Lipinski definition) is 2. The Hall–Kier alpha value is -1.06. The van der Waals surface area contributed by atoms with Crippen LogP contribution in [0.3, 0.4) is 0 Å². The van der Waals surface area contributed by atoms with Crippen LogP contribution >= 0.6 is 0 Å². The zero-order chi connectivity index (χ0) is 8.43. The topological polar surface area (TPSA) is 66.4 Å². The Morgan fingerprint density at radius 3 is 2.82 bits per heavy atom. The molecule has 11 heavy (non-hydrogen) atoms. The molecule has 1 aliphatic heterocycles. The van der Waals surface area contributed by atoms with E-state index < -0.39 is 11.9 Å². The van der Waals surface area contributed by atoms with Gasteiger partial charge in [0.15, 0.2) is 0 Å². The monoisotopic (exact) mass is 157 g/mol. The highest BCUT2D eigenvalue weighted by Crippen LogP contribution is 2.16. The number of piperidine rings is 1. The molecule has 0 aromatic heterocycles. The van der Waals surface area contributed by atoms with Crippen LogP contribution in [-0.4, -0.2) is 23.5 Å². The summed E-state index contributed by atoms with van der Waals surface area (Å²) in [6, 6.07) is 0. The fourth-order valence-electron chi connectivity index (χ4n) is 1.20. The zero-order valence-electron chi connectivity index (χ0n) is 6.33. The first kappa shape index (κ1) is 8.04. The van der Waals surface area contributed by atoms with Gasteiger partial charge >= 0.3 is 5.97 Å². The molecule has 2 unspecified atom stereocenters. The van der Waals surface area contributed by atoms with E-state index in [2.05, 4.69) is 5.32 Å². The van der Waals surface area contributed by atoms with Crippen LogP contribution in [0.2, 0.25) is 0 Å². The van der Waals surface area contributed by atoms with E-state index in [9.17, 15) is 9.59 Å². The molecule has 1 fully saturated rings. The third-order valence-electron chi connectivity index (χ3n) is 1.96. The van der Waals surface area contributed by atoms with Gasteiger partial charge in [0.05, 0.1) is 5.92 Å². The first-order valence-corrected chi connectivity index (χ1v) is 3.61. The first-order valence-electron chi connectivity index (χ1n) is 3.61. The molecule has 0 saturated carbocycles. The molecular formula is C7H11NO3. The van der Waals surface area contributed by atoms with Gasteiger partial charge in [-0.2, -0.15) is 0 Å². The SMILES string of the molecule is CC1CC(C(=O)O)CNC1=O. The molecule has 4 heteroatoms. The molecule has 4 nitrogen and oxygen atoms in total. The van der Waals surface area contributed by atoms with Crippen molar-refractivity contribution in [2.45, 2.75) is 13.3 Å². The number of carboxylic acids is 1. The number of hydrogen-bond acceptors (Lipinski definition) is 2. The van der Waals surface area contributed by atoms with E-state index in [1.807, 2.05) is 0 Å². The van der Waals surface area contributed by atoms with Crippen molar-refractivity contribution in [3.8, 4) is 0 Å². The van der Waals surface area contributed by atoms with Gasteiger partial charge < -0.3 is 10.4 Å². The molecular weight excluding hydrogens is 146 g/mol. The molecule has 0 radical (unpaired) electrons. The van der Waals surface area contributed by atoms with Crippen LogP contribution in [0.4, 0.5) is 0 Å². The Labute approximate surface area is 64.6 Å². The van der Waals surface area contributed by atoms with Crippen LogP contribution in [0.25, 0.3) is 0 Å². The third-order valence-corrected chi connectivity index (χ3v) is 1.96. The minimum absolute atomic E-state index is 0.0394. The molecule has 2 atom stereocenters. The Bertz CT molecular complexity index is 190. The van der Waals surface area contributed by atoms with E-state index in [1.54, 1.807) is 6.92 Å². The summed E-state index contributed by atoms with van der Waals surface area (Å²) in [4.78, 5) is 21.3. The average Bonchev–Trinajstić information content (AvgIpc) is 1.94. The number of carbonyl (C=O) groups excluding carboxylic acids is 1. The second-order valence-corrected chi connectivity index (χ2v) is 2.92. The van der Waals surface area contributed by atoms with Gasteiger partial charge in [-0.05, 0) is 6.42 Å². The lowest BCUT2D eigenvalue weighted by molar-refractivity contribution is -0.144. The van der Waals surface area contributed by atoms with E-state index in [4.69, 9.17) is 5.11 Å². The average molecular weight is 157 g/mol. The number of carbonyl (C=O) groups is 2. The lowest BCUT2D eigenvalue weighted by Crippen LogP contribution is -2.43. The molecule has 62 valence electrons. The summed E-state index contributed by atoms with van der Waals surface area (Å²) in [6.45, 7) is 2.02. The predicted molar refractivity (Wildman–Crippen MR) is 37.9 cm³/mol. The molecule has 0 aliphatic carbocycles. The Morgan fingerprint density at radius 1 is 1.73 bits per heavy atom. The fourth-order valence-corrected chi connectivity index (χ4v) is 1.20. The number of amides is 1. The maximum Gasteiger partial charge on any atom is 0.308 e. The van der Waals surface area contributed by atoms with Crippen LogP contribution in [0.15, 0.2) is 0 Å². The largest absolute Gasteiger partial charge is 0.481 e. The molecule has 0 aromatic carbocycles. The van der Waals surface area contributed by atoms with E-state index in [0.29, 0.717) is 6.42 Å². The number of nitrogens with one attached hydrogen (secondary N) is 1. The van der Waals surface area contributed by atoms with Crippen molar-refractivity contribution in [3.63, 3.8) is 0 Å². The van der Waals surface area contributed by atoms with Crippen molar-refractivity contribution < 1.29 is 14.7 Å². The molecule has 0 bridgehead atoms. The molecule has 2 N–H and O–H groups in total. The lowest BCUT2D eigenvalue weighted by Gasteiger charge is -2.23. The van der Waals surface area contributed by atoms with E-state index in [0.717, 1.165) is 0 Å². The van der Waals surface area contributed by atoms with Gasteiger partial charge in [0.2, 0.25) is 5.91 Å². The minimum atomic E-state index is -0.822. The van der Waals surface area contributed by atoms with Crippen molar-refractivity contribution in [3.05, 3.63) is 0 Å². The van der Waals surface area contributed by atoms with Crippen molar-refractivity contribution in [2.24, 2.45) is 11.8 Å². The van der Waals surface area contributed by atoms with Gasteiger partial charge in [0.1, 0.15) is 0 Å². The van der Waals surface area contributed by atoms with Crippen LogP contribution < -0.4 is 5.32 Å². The van der Waals surface area contributed by atoms with Gasteiger partial charge in [0, 0.05) is 12.5 Å². The minimum Gasteiger partial charge on any atom is -0.481 e. The summed E-state index contributed by atoms with van der Waals surface area (Å²) in [6.07, 6.45) is 0.459. The van der Waals surface area contributed by atoms with Gasteiger partial charge in [-0.15, -0.1) is 0 Å². The maximum atomic E-state index is 10.9. The quantitative estimate of drug-likeness (QED) is 0.556. The molecule has 1 aliphatic rings. The van der Waals surface area contributed by atoms with Crippen LogP contribution in [-0.2, 0) is 9.59 Å². The van der Waals surface area contributed by atoms with Gasteiger partial charge in [0.25, 0.3) is 0 Å². The lowest BCUT2D eigenvalue weighted by atomic mass is 9.91. The second kappa shape index (κ2) is 2.90. The smallest absolute Gasteiger partial charge is 0.308 e. The van der Waals surface area contributed by atoms with E-state index in [-0.39, 0.29) is 18.4 Å². The molecule has 1 rings (SSSR count). The molecule has 0 spiro atoms. The summed E-state index contributed by atoms with van der Waals surface area (Å²) in [7, 11) is 0. The van der Waals surface area contributed by atoms with Crippen molar-refractivity contribution >= 4 is 11.9 Å². The van der Waals surface area contributed by atoms with Gasteiger partial charge in [-0.1, -0.05) is 6.92 Å². The highest BCUT2D eigenvalue weighted by molar-refractivity contribution is 5.82. The second-order valence-electron chi connectivity index (χ2n) is 2.92. The highest BCUT2D eigenvalue weighted by atomic mass is 16.4. The highest BCUT2D eigenvalue weighted by Gasteiger charge is 2.29. The summed E-state index contributed by atoms with van der Waals surface area (Å²) >= 11 is 0. The van der Waals surface area contributed by atoms with Crippen molar-refractivity contribution in [1.29, 1.82) is 0 Å². The fraction of sp³-hybridized carbons (Fsp3) is 0.714. The van der Waals surface area contributed by atoms with Gasteiger partial charge in [-0.3, -0.25) is 9.59 Å². The maximum absolute atomic E-state index is 10.9. The molecule has 1 amide bonds. The molecule has 1 saturated heterocycles. The molecule has 1 heterocycles. The first-order chi connectivity index (χ1) is 5.11. The Balaban J connectivity index is 2.52. The normalized spacial score (nSPS) is 31.2. The Kier molecular flexibility index (Phi) is 2.12. The van der Waals surface area contributed by atoms with Crippen molar-refractivity contribution in [1.82, 2.24) is 5.32 Å². The summed E-state index contributed by atoms with van der Waals surface area (Å²) in [5, 5.41) is 11.1. The standard InChI is InChI=1S/C7H11NO3/c1-4-2-5(7(10)11)3-8-6(4)9/h4-5H,2-3H2,1H3,(H,8,9)(H,10,11). The van der Waals surface area contributed by atoms with E-state index >= 15 is 0 Å². The number of aliphatic carboxylic acids is 1. The van der Waals surface area contributed by atoms with Crippen molar-refractivity contribution in [2.75, 3.05) is 6.54 Å². The third kappa shape index (κ3) is 1.69. The van der Waals surface area contributed by atoms with Crippen LogP contribution in [0.1, 0.15) is 13.3 Å². The molecule has 0 aromatic rings. The number of rotatable bonds is 1.